The van der Waals surface area contributed by atoms with Crippen molar-refractivity contribution in [3.05, 3.63) is 0 Å². The lowest BCUT2D eigenvalue weighted by Crippen LogP contribution is -2.53. The number of halogens is 1. The smallest absolute Gasteiger partial charge is 0.227 e. The van der Waals surface area contributed by atoms with E-state index in [2.05, 4.69) is 25.7 Å². The van der Waals surface area contributed by atoms with E-state index in [1.165, 1.54) is 6.42 Å². The molecule has 2 fully saturated rings. The quantitative estimate of drug-likeness (QED) is 0.849. The summed E-state index contributed by atoms with van der Waals surface area (Å²) in [5.74, 6) is 0.363. The molecule has 1 aliphatic heterocycles. The molecular weight excluding hydrogens is 260 g/mol. The van der Waals surface area contributed by atoms with Gasteiger partial charge in [-0.15, -0.1) is 12.4 Å². The molecule has 1 heterocycles. The standard InChI is InChI=1S/C15H28N2O.ClH/c1-4-14(2)9-10-17(11-14)13(18)12-7-5-6-8-15(12,3)16;/h12H,4-11,16H2,1-3H3;1H. The summed E-state index contributed by atoms with van der Waals surface area (Å²) in [6.45, 7) is 8.43. The van der Waals surface area contributed by atoms with Crippen LogP contribution in [-0.4, -0.2) is 29.4 Å². The molecule has 19 heavy (non-hydrogen) atoms. The maximum Gasteiger partial charge on any atom is 0.227 e. The average molecular weight is 289 g/mol. The van der Waals surface area contributed by atoms with E-state index >= 15 is 0 Å². The van der Waals surface area contributed by atoms with Crippen molar-refractivity contribution in [2.75, 3.05) is 13.1 Å². The lowest BCUT2D eigenvalue weighted by Gasteiger charge is -2.39. The van der Waals surface area contributed by atoms with E-state index in [0.717, 1.165) is 45.2 Å². The zero-order chi connectivity index (χ0) is 13.4. The van der Waals surface area contributed by atoms with Crippen molar-refractivity contribution in [2.45, 2.75) is 64.8 Å². The number of amides is 1. The van der Waals surface area contributed by atoms with Crippen LogP contribution in [0.5, 0.6) is 0 Å². The molecule has 2 rings (SSSR count). The van der Waals surface area contributed by atoms with Gasteiger partial charge in [-0.05, 0) is 38.0 Å². The number of rotatable bonds is 2. The molecule has 2 N–H and O–H groups in total. The van der Waals surface area contributed by atoms with Crippen LogP contribution in [0.15, 0.2) is 0 Å². The van der Waals surface area contributed by atoms with Crippen LogP contribution >= 0.6 is 12.4 Å². The third-order valence-electron chi connectivity index (χ3n) is 5.28. The lowest BCUT2D eigenvalue weighted by atomic mass is 9.74. The van der Waals surface area contributed by atoms with Crippen LogP contribution < -0.4 is 5.73 Å². The topological polar surface area (TPSA) is 46.3 Å². The fourth-order valence-corrected chi connectivity index (χ4v) is 3.48. The van der Waals surface area contributed by atoms with E-state index < -0.39 is 0 Å². The monoisotopic (exact) mass is 288 g/mol. The summed E-state index contributed by atoms with van der Waals surface area (Å²) in [5, 5.41) is 0. The molecule has 0 aromatic carbocycles. The number of carbonyl (C=O) groups excluding carboxylic acids is 1. The third kappa shape index (κ3) is 3.43. The molecule has 0 bridgehead atoms. The number of hydrogen-bond acceptors (Lipinski definition) is 2. The molecule has 3 atom stereocenters. The highest BCUT2D eigenvalue weighted by Gasteiger charge is 2.43. The highest BCUT2D eigenvalue weighted by molar-refractivity contribution is 5.85. The van der Waals surface area contributed by atoms with Gasteiger partial charge in [0.15, 0.2) is 0 Å². The van der Waals surface area contributed by atoms with Crippen LogP contribution in [0.3, 0.4) is 0 Å². The molecule has 1 saturated heterocycles. The number of nitrogens with zero attached hydrogens (tertiary/aromatic N) is 1. The summed E-state index contributed by atoms with van der Waals surface area (Å²) in [4.78, 5) is 14.7. The van der Waals surface area contributed by atoms with Gasteiger partial charge in [0, 0.05) is 18.6 Å². The molecular formula is C15H29ClN2O. The Kier molecular flexibility index (Phi) is 5.30. The average Bonchev–Trinajstić information content (AvgIpc) is 2.71. The molecule has 3 unspecified atom stereocenters. The van der Waals surface area contributed by atoms with Crippen LogP contribution in [0.4, 0.5) is 0 Å². The molecule has 0 aromatic heterocycles. The van der Waals surface area contributed by atoms with Gasteiger partial charge in [-0.1, -0.05) is 26.7 Å². The van der Waals surface area contributed by atoms with E-state index in [1.54, 1.807) is 0 Å². The van der Waals surface area contributed by atoms with Crippen LogP contribution in [0.2, 0.25) is 0 Å². The molecule has 0 radical (unpaired) electrons. The second kappa shape index (κ2) is 6.01. The first-order chi connectivity index (χ1) is 8.38. The number of likely N-dealkylation sites (tertiary alicyclic amines) is 1. The van der Waals surface area contributed by atoms with Gasteiger partial charge < -0.3 is 10.6 Å². The summed E-state index contributed by atoms with van der Waals surface area (Å²) in [6, 6.07) is 0. The van der Waals surface area contributed by atoms with Gasteiger partial charge in [0.05, 0.1) is 5.92 Å². The van der Waals surface area contributed by atoms with Crippen molar-refractivity contribution in [1.82, 2.24) is 4.90 Å². The fraction of sp³-hybridized carbons (Fsp3) is 0.933. The van der Waals surface area contributed by atoms with E-state index in [4.69, 9.17) is 5.73 Å². The molecule has 4 heteroatoms. The molecule has 2 aliphatic rings. The first kappa shape index (κ1) is 16.8. The van der Waals surface area contributed by atoms with Gasteiger partial charge >= 0.3 is 0 Å². The predicted molar refractivity (Wildman–Crippen MR) is 81.4 cm³/mol. The summed E-state index contributed by atoms with van der Waals surface area (Å²) in [6.07, 6.45) is 6.59. The minimum Gasteiger partial charge on any atom is -0.342 e. The van der Waals surface area contributed by atoms with Crippen molar-refractivity contribution in [3.63, 3.8) is 0 Å². The van der Waals surface area contributed by atoms with Crippen LogP contribution in [0, 0.1) is 11.3 Å². The van der Waals surface area contributed by atoms with Gasteiger partial charge in [-0.3, -0.25) is 4.79 Å². The molecule has 0 aromatic rings. The summed E-state index contributed by atoms with van der Waals surface area (Å²) in [5.41, 5.74) is 6.38. The minimum atomic E-state index is -0.291. The Labute approximate surface area is 123 Å². The van der Waals surface area contributed by atoms with E-state index in [9.17, 15) is 4.79 Å². The van der Waals surface area contributed by atoms with Crippen LogP contribution in [-0.2, 0) is 4.79 Å². The Morgan fingerprint density at radius 1 is 1.32 bits per heavy atom. The number of nitrogens with two attached hydrogens (primary N) is 1. The maximum absolute atomic E-state index is 12.7. The van der Waals surface area contributed by atoms with Gasteiger partial charge in [-0.25, -0.2) is 0 Å². The largest absolute Gasteiger partial charge is 0.342 e. The van der Waals surface area contributed by atoms with Gasteiger partial charge in [0.2, 0.25) is 5.91 Å². The third-order valence-corrected chi connectivity index (χ3v) is 5.28. The highest BCUT2D eigenvalue weighted by atomic mass is 35.5. The van der Waals surface area contributed by atoms with Gasteiger partial charge in [0.25, 0.3) is 0 Å². The molecule has 1 aliphatic carbocycles. The van der Waals surface area contributed by atoms with Crippen LogP contribution in [0.1, 0.15) is 59.3 Å². The highest BCUT2D eigenvalue weighted by Crippen LogP contribution is 2.37. The first-order valence-corrected chi connectivity index (χ1v) is 7.46. The van der Waals surface area contributed by atoms with Crippen molar-refractivity contribution < 1.29 is 4.79 Å². The summed E-state index contributed by atoms with van der Waals surface area (Å²) < 4.78 is 0. The summed E-state index contributed by atoms with van der Waals surface area (Å²) in [7, 11) is 0. The zero-order valence-electron chi connectivity index (χ0n) is 12.6. The lowest BCUT2D eigenvalue weighted by molar-refractivity contribution is -0.138. The van der Waals surface area contributed by atoms with E-state index in [-0.39, 0.29) is 23.9 Å². The van der Waals surface area contributed by atoms with Crippen molar-refractivity contribution >= 4 is 18.3 Å². The van der Waals surface area contributed by atoms with E-state index in [0.29, 0.717) is 11.3 Å². The van der Waals surface area contributed by atoms with Gasteiger partial charge in [-0.2, -0.15) is 0 Å². The fourth-order valence-electron chi connectivity index (χ4n) is 3.48. The van der Waals surface area contributed by atoms with Crippen molar-refractivity contribution in [1.29, 1.82) is 0 Å². The second-order valence-electron chi connectivity index (χ2n) is 6.98. The molecule has 1 amide bonds. The second-order valence-corrected chi connectivity index (χ2v) is 6.98. The Morgan fingerprint density at radius 2 is 2.00 bits per heavy atom. The van der Waals surface area contributed by atoms with E-state index in [1.807, 2.05) is 0 Å². The minimum absolute atomic E-state index is 0. The Balaban J connectivity index is 0.00000180. The Hall–Kier alpha value is -0.280. The zero-order valence-corrected chi connectivity index (χ0v) is 13.4. The number of hydrogen-bond donors (Lipinski definition) is 1. The SMILES string of the molecule is CCC1(C)CCN(C(=O)C2CCCCC2(C)N)C1.Cl. The van der Waals surface area contributed by atoms with Gasteiger partial charge in [0.1, 0.15) is 0 Å². The number of carbonyl (C=O) groups is 1. The van der Waals surface area contributed by atoms with Crippen molar-refractivity contribution in [3.8, 4) is 0 Å². The summed E-state index contributed by atoms with van der Waals surface area (Å²) >= 11 is 0. The molecule has 0 spiro atoms. The maximum atomic E-state index is 12.7. The first-order valence-electron chi connectivity index (χ1n) is 7.46. The predicted octanol–water partition coefficient (Wildman–Crippen LogP) is 2.96. The molecule has 112 valence electrons. The molecule has 1 saturated carbocycles. The Bertz CT molecular complexity index is 332. The molecule has 3 nitrogen and oxygen atoms in total. The van der Waals surface area contributed by atoms with Crippen LogP contribution in [0.25, 0.3) is 0 Å². The Morgan fingerprint density at radius 3 is 2.53 bits per heavy atom. The van der Waals surface area contributed by atoms with Crippen molar-refractivity contribution in [2.24, 2.45) is 17.1 Å². The normalized spacial score (nSPS) is 38.9.